The van der Waals surface area contributed by atoms with Crippen molar-refractivity contribution in [2.24, 2.45) is 0 Å². The molecule has 11 heteroatoms. The van der Waals surface area contributed by atoms with Crippen molar-refractivity contribution in [2.75, 3.05) is 6.54 Å². The maximum atomic E-state index is 12.0. The number of aliphatic hydroxyl groups is 1. The number of carbonyl (C=O) groups is 4. The van der Waals surface area contributed by atoms with Crippen molar-refractivity contribution in [2.45, 2.75) is 63.3 Å². The minimum atomic E-state index is -1.45. The highest BCUT2D eigenvalue weighted by molar-refractivity contribution is 5.86. The molecule has 0 aliphatic heterocycles. The molecule has 0 bridgehead atoms. The van der Waals surface area contributed by atoms with Gasteiger partial charge in [0.1, 0.15) is 18.3 Å². The maximum absolute atomic E-state index is 12.0. The predicted molar refractivity (Wildman–Crippen MR) is 132 cm³/mol. The molecule has 0 aliphatic rings. The van der Waals surface area contributed by atoms with Gasteiger partial charge in [-0.3, -0.25) is 10.1 Å². The third-order valence-electron chi connectivity index (χ3n) is 5.67. The van der Waals surface area contributed by atoms with Crippen molar-refractivity contribution in [1.29, 1.82) is 0 Å². The minimum absolute atomic E-state index is 0.102. The summed E-state index contributed by atoms with van der Waals surface area (Å²) in [5, 5.41) is 46.9. The molecule has 36 heavy (non-hydrogen) atoms. The number of carboxylic acid groups (broad SMARTS) is 3. The zero-order valence-corrected chi connectivity index (χ0v) is 19.9. The molecule has 2 aromatic carbocycles. The SMILES string of the molecule is O=C(O)CCC(NC(=O)N[C@@H](CCCCNC(O)CCc1ccc2ccccc2c1)C(=O)O)C(=O)O. The lowest BCUT2D eigenvalue weighted by Gasteiger charge is -2.18. The van der Waals surface area contributed by atoms with E-state index in [4.69, 9.17) is 10.2 Å². The summed E-state index contributed by atoms with van der Waals surface area (Å²) in [6.07, 6.45) is 0.803. The van der Waals surface area contributed by atoms with Crippen molar-refractivity contribution < 1.29 is 39.6 Å². The van der Waals surface area contributed by atoms with E-state index in [9.17, 15) is 29.4 Å². The van der Waals surface area contributed by atoms with E-state index >= 15 is 0 Å². The highest BCUT2D eigenvalue weighted by Crippen LogP contribution is 2.17. The van der Waals surface area contributed by atoms with E-state index in [0.29, 0.717) is 32.2 Å². The van der Waals surface area contributed by atoms with Crippen LogP contribution < -0.4 is 16.0 Å². The summed E-state index contributed by atoms with van der Waals surface area (Å²) in [6.45, 7) is 0.452. The van der Waals surface area contributed by atoms with Crippen LogP contribution in [0.25, 0.3) is 10.8 Å². The number of unbranched alkanes of at least 4 members (excludes halogenated alkanes) is 1. The maximum Gasteiger partial charge on any atom is 0.326 e. The molecule has 7 N–H and O–H groups in total. The van der Waals surface area contributed by atoms with Crippen LogP contribution in [0.15, 0.2) is 42.5 Å². The van der Waals surface area contributed by atoms with Gasteiger partial charge in [0.2, 0.25) is 0 Å². The number of urea groups is 1. The van der Waals surface area contributed by atoms with Crippen LogP contribution in [0.4, 0.5) is 4.79 Å². The lowest BCUT2D eigenvalue weighted by Crippen LogP contribution is -2.51. The van der Waals surface area contributed by atoms with Crippen molar-refractivity contribution in [3.8, 4) is 0 Å². The number of aryl methyl sites for hydroxylation is 1. The number of hydrogen-bond donors (Lipinski definition) is 7. The minimum Gasteiger partial charge on any atom is -0.481 e. The van der Waals surface area contributed by atoms with Crippen LogP contribution in [0.3, 0.4) is 0 Å². The van der Waals surface area contributed by atoms with Gasteiger partial charge in [0.15, 0.2) is 0 Å². The summed E-state index contributed by atoms with van der Waals surface area (Å²) in [6, 6.07) is 10.6. The molecule has 0 heterocycles. The Morgan fingerprint density at radius 2 is 1.42 bits per heavy atom. The van der Waals surface area contributed by atoms with E-state index in [1.165, 1.54) is 0 Å². The Balaban J connectivity index is 1.67. The number of carboxylic acids is 3. The molecule has 0 aromatic heterocycles. The lowest BCUT2D eigenvalue weighted by molar-refractivity contribution is -0.140. The zero-order chi connectivity index (χ0) is 26.5. The van der Waals surface area contributed by atoms with Crippen LogP contribution in [0.1, 0.15) is 44.1 Å². The first kappa shape index (κ1) is 28.5. The molecule has 0 spiro atoms. The second-order valence-electron chi connectivity index (χ2n) is 8.52. The van der Waals surface area contributed by atoms with Crippen molar-refractivity contribution in [3.05, 3.63) is 48.0 Å². The zero-order valence-electron chi connectivity index (χ0n) is 19.9. The highest BCUT2D eigenvalue weighted by Gasteiger charge is 2.24. The first-order valence-electron chi connectivity index (χ1n) is 11.8. The molecule has 2 rings (SSSR count). The van der Waals surface area contributed by atoms with Gasteiger partial charge in [0.05, 0.1) is 0 Å². The van der Waals surface area contributed by atoms with Crippen LogP contribution in [0, 0.1) is 0 Å². The molecule has 0 saturated heterocycles. The number of benzene rings is 2. The summed E-state index contributed by atoms with van der Waals surface area (Å²) in [7, 11) is 0. The molecule has 3 atom stereocenters. The fourth-order valence-electron chi connectivity index (χ4n) is 3.68. The molecule has 0 fully saturated rings. The van der Waals surface area contributed by atoms with E-state index in [2.05, 4.69) is 28.1 Å². The van der Waals surface area contributed by atoms with E-state index in [1.54, 1.807) is 0 Å². The Labute approximate surface area is 208 Å². The van der Waals surface area contributed by atoms with Crippen LogP contribution in [-0.4, -0.2) is 69.2 Å². The van der Waals surface area contributed by atoms with Gasteiger partial charge in [-0.25, -0.2) is 14.4 Å². The third-order valence-corrected chi connectivity index (χ3v) is 5.67. The fourth-order valence-corrected chi connectivity index (χ4v) is 3.68. The van der Waals surface area contributed by atoms with Crippen LogP contribution >= 0.6 is 0 Å². The van der Waals surface area contributed by atoms with E-state index in [1.807, 2.05) is 30.3 Å². The predicted octanol–water partition coefficient (Wildman–Crippen LogP) is 1.92. The molecule has 2 unspecified atom stereocenters. The number of hydrogen-bond acceptors (Lipinski definition) is 6. The first-order valence-corrected chi connectivity index (χ1v) is 11.8. The van der Waals surface area contributed by atoms with Gasteiger partial charge in [-0.05, 0) is 61.4 Å². The van der Waals surface area contributed by atoms with Crippen LogP contribution in [-0.2, 0) is 20.8 Å². The summed E-state index contributed by atoms with van der Waals surface area (Å²) in [5.74, 6) is -3.89. The second-order valence-corrected chi connectivity index (χ2v) is 8.52. The molecule has 196 valence electrons. The Hall–Kier alpha value is -3.70. The van der Waals surface area contributed by atoms with Crippen molar-refractivity contribution in [1.82, 2.24) is 16.0 Å². The number of amides is 2. The fraction of sp³-hybridized carbons (Fsp3) is 0.440. The van der Waals surface area contributed by atoms with Gasteiger partial charge in [-0.1, -0.05) is 42.5 Å². The van der Waals surface area contributed by atoms with Gasteiger partial charge in [-0.2, -0.15) is 0 Å². The normalized spacial score (nSPS) is 13.5. The Morgan fingerprint density at radius 3 is 2.06 bits per heavy atom. The van der Waals surface area contributed by atoms with E-state index in [0.717, 1.165) is 16.3 Å². The van der Waals surface area contributed by atoms with Crippen molar-refractivity contribution >= 4 is 34.7 Å². The highest BCUT2D eigenvalue weighted by atomic mass is 16.4. The standard InChI is InChI=1S/C25H33N3O8/c29-21(12-9-16-8-10-17-5-1-2-6-18(17)15-16)26-14-4-3-7-19(23(32)33)27-25(36)28-20(24(34)35)11-13-22(30)31/h1-2,5-6,8,10,15,19-21,26,29H,3-4,7,9,11-14H2,(H,30,31)(H,32,33)(H,34,35)(H2,27,28,36)/t19-,20?,21?/m0/s1. The summed E-state index contributed by atoms with van der Waals surface area (Å²) >= 11 is 0. The number of carbonyl (C=O) groups excluding carboxylic acids is 1. The molecule has 2 aromatic rings. The van der Waals surface area contributed by atoms with Crippen LogP contribution in [0.2, 0.25) is 0 Å². The summed E-state index contributed by atoms with van der Waals surface area (Å²) < 4.78 is 0. The number of fused-ring (bicyclic) bond motifs is 1. The number of aliphatic carboxylic acids is 3. The Morgan fingerprint density at radius 1 is 0.778 bits per heavy atom. The van der Waals surface area contributed by atoms with E-state index in [-0.39, 0.29) is 12.8 Å². The molecule has 0 aliphatic carbocycles. The molecule has 2 amide bonds. The van der Waals surface area contributed by atoms with Crippen molar-refractivity contribution in [3.63, 3.8) is 0 Å². The molecular weight excluding hydrogens is 470 g/mol. The quantitative estimate of drug-likeness (QED) is 0.133. The van der Waals surface area contributed by atoms with Gasteiger partial charge in [0, 0.05) is 6.42 Å². The average Bonchev–Trinajstić information content (AvgIpc) is 2.83. The van der Waals surface area contributed by atoms with Gasteiger partial charge in [0.25, 0.3) is 0 Å². The number of aliphatic hydroxyl groups excluding tert-OH is 1. The topological polar surface area (TPSA) is 185 Å². The molecular formula is C25H33N3O8. The smallest absolute Gasteiger partial charge is 0.326 e. The third kappa shape index (κ3) is 10.3. The lowest BCUT2D eigenvalue weighted by atomic mass is 10.0. The van der Waals surface area contributed by atoms with Gasteiger partial charge < -0.3 is 31.1 Å². The van der Waals surface area contributed by atoms with Crippen LogP contribution in [0.5, 0.6) is 0 Å². The number of nitrogens with one attached hydrogen (secondary N) is 3. The molecule has 11 nitrogen and oxygen atoms in total. The van der Waals surface area contributed by atoms with E-state index < -0.39 is 48.7 Å². The van der Waals surface area contributed by atoms with Gasteiger partial charge >= 0.3 is 23.9 Å². The Bertz CT molecular complexity index is 1040. The summed E-state index contributed by atoms with van der Waals surface area (Å²) in [5.41, 5.74) is 1.12. The molecule has 0 radical (unpaired) electrons. The monoisotopic (exact) mass is 503 g/mol. The van der Waals surface area contributed by atoms with Gasteiger partial charge in [-0.15, -0.1) is 0 Å². The number of rotatable bonds is 16. The Kier molecular flexibility index (Phi) is 11.6. The average molecular weight is 504 g/mol. The first-order chi connectivity index (χ1) is 17.2. The molecule has 0 saturated carbocycles. The summed E-state index contributed by atoms with van der Waals surface area (Å²) in [4.78, 5) is 45.3. The largest absolute Gasteiger partial charge is 0.481 e. The second kappa shape index (κ2) is 14.6.